The monoisotopic (exact) mass is 328 g/mol. The van der Waals surface area contributed by atoms with Crippen molar-refractivity contribution in [3.05, 3.63) is 29.3 Å². The van der Waals surface area contributed by atoms with Crippen LogP contribution in [0.5, 0.6) is 5.75 Å². The van der Waals surface area contributed by atoms with Gasteiger partial charge in [0.15, 0.2) is 12.4 Å². The molecule has 4 nitrogen and oxygen atoms in total. The molecule has 0 spiro atoms. The molecule has 0 aliphatic rings. The largest absolute Gasteiger partial charge is 0.482 e. The molecule has 0 atom stereocenters. The summed E-state index contributed by atoms with van der Waals surface area (Å²) in [6.07, 6.45) is 0.724. The fourth-order valence-corrected chi connectivity index (χ4v) is 1.91. The molecule has 1 aromatic rings. The van der Waals surface area contributed by atoms with Gasteiger partial charge in [0.2, 0.25) is 0 Å². The van der Waals surface area contributed by atoms with E-state index >= 15 is 0 Å². The summed E-state index contributed by atoms with van der Waals surface area (Å²) < 4.78 is 10.2. The molecule has 0 N–H and O–H groups in total. The van der Waals surface area contributed by atoms with Crippen molar-refractivity contribution in [1.29, 1.82) is 0 Å². The topological polar surface area (TPSA) is 52.6 Å². The highest BCUT2D eigenvalue weighted by atomic mass is 79.9. The summed E-state index contributed by atoms with van der Waals surface area (Å²) in [5.41, 5.74) is 1.54. The molecule has 0 aliphatic carbocycles. The van der Waals surface area contributed by atoms with E-state index in [1.165, 1.54) is 0 Å². The molecule has 0 bridgehead atoms. The first-order valence-electron chi connectivity index (χ1n) is 6.12. The molecule has 0 amide bonds. The lowest BCUT2D eigenvalue weighted by molar-refractivity contribution is -0.145. The van der Waals surface area contributed by atoms with Gasteiger partial charge in [-0.15, -0.1) is 0 Å². The number of aryl methyl sites for hydroxylation is 1. The van der Waals surface area contributed by atoms with Crippen LogP contribution in [0.25, 0.3) is 0 Å². The number of esters is 1. The van der Waals surface area contributed by atoms with E-state index in [4.69, 9.17) is 9.47 Å². The SMILES string of the molecule is CCOC(=O)COc1ccc(C(=O)CBr)cc1CC. The van der Waals surface area contributed by atoms with E-state index in [2.05, 4.69) is 15.9 Å². The minimum Gasteiger partial charge on any atom is -0.482 e. The van der Waals surface area contributed by atoms with Gasteiger partial charge in [-0.2, -0.15) is 0 Å². The Bertz CT molecular complexity index is 457. The third-order valence-corrected chi connectivity index (χ3v) is 3.04. The highest BCUT2D eigenvalue weighted by molar-refractivity contribution is 9.09. The summed E-state index contributed by atoms with van der Waals surface area (Å²) in [4.78, 5) is 22.8. The van der Waals surface area contributed by atoms with Crippen molar-refractivity contribution >= 4 is 27.7 Å². The molecule has 0 unspecified atom stereocenters. The first kappa shape index (κ1) is 15.7. The van der Waals surface area contributed by atoms with Crippen LogP contribution in [0.2, 0.25) is 0 Å². The van der Waals surface area contributed by atoms with Crippen LogP contribution >= 0.6 is 15.9 Å². The van der Waals surface area contributed by atoms with Gasteiger partial charge in [0.05, 0.1) is 11.9 Å². The smallest absolute Gasteiger partial charge is 0.344 e. The van der Waals surface area contributed by atoms with E-state index in [0.717, 1.165) is 12.0 Å². The molecule has 0 fully saturated rings. The average molecular weight is 329 g/mol. The van der Waals surface area contributed by atoms with Gasteiger partial charge in [-0.05, 0) is 37.1 Å². The molecule has 5 heteroatoms. The van der Waals surface area contributed by atoms with Crippen LogP contribution in [0.1, 0.15) is 29.8 Å². The van der Waals surface area contributed by atoms with E-state index in [1.54, 1.807) is 25.1 Å². The maximum Gasteiger partial charge on any atom is 0.344 e. The summed E-state index contributed by atoms with van der Waals surface area (Å²) in [7, 11) is 0. The van der Waals surface area contributed by atoms with Gasteiger partial charge >= 0.3 is 5.97 Å². The Morgan fingerprint density at radius 3 is 2.58 bits per heavy atom. The molecule has 0 aliphatic heterocycles. The lowest BCUT2D eigenvalue weighted by Crippen LogP contribution is -2.15. The lowest BCUT2D eigenvalue weighted by atomic mass is 10.1. The number of halogens is 1. The summed E-state index contributed by atoms with van der Waals surface area (Å²) in [6, 6.07) is 5.21. The second-order valence-corrected chi connectivity index (χ2v) is 4.39. The van der Waals surface area contributed by atoms with Gasteiger partial charge in [0.1, 0.15) is 5.75 Å². The van der Waals surface area contributed by atoms with Crippen molar-refractivity contribution in [1.82, 2.24) is 0 Å². The van der Waals surface area contributed by atoms with Crippen LogP contribution in [-0.2, 0) is 16.0 Å². The average Bonchev–Trinajstić information content (AvgIpc) is 2.44. The zero-order valence-corrected chi connectivity index (χ0v) is 12.7. The number of hydrogen-bond acceptors (Lipinski definition) is 4. The summed E-state index contributed by atoms with van der Waals surface area (Å²) in [5.74, 6) is 0.235. The number of alkyl halides is 1. The lowest BCUT2D eigenvalue weighted by Gasteiger charge is -2.11. The van der Waals surface area contributed by atoms with Crippen LogP contribution in [0, 0.1) is 0 Å². The Kier molecular flexibility index (Phi) is 6.56. The highest BCUT2D eigenvalue weighted by Gasteiger charge is 2.10. The highest BCUT2D eigenvalue weighted by Crippen LogP contribution is 2.21. The van der Waals surface area contributed by atoms with Crippen molar-refractivity contribution in [2.75, 3.05) is 18.5 Å². The van der Waals surface area contributed by atoms with E-state index in [1.807, 2.05) is 6.92 Å². The van der Waals surface area contributed by atoms with Gasteiger partial charge < -0.3 is 9.47 Å². The van der Waals surface area contributed by atoms with E-state index < -0.39 is 5.97 Å². The standard InChI is InChI=1S/C14H17BrO4/c1-3-10-7-11(12(16)8-15)5-6-13(10)19-9-14(17)18-4-2/h5-7H,3-4,8-9H2,1-2H3. The normalized spacial score (nSPS) is 10.1. The summed E-state index contributed by atoms with van der Waals surface area (Å²) in [5, 5.41) is 0.291. The maximum atomic E-state index is 11.6. The Morgan fingerprint density at radius 2 is 2.00 bits per heavy atom. The zero-order chi connectivity index (χ0) is 14.3. The number of carbonyl (C=O) groups is 2. The third kappa shape index (κ3) is 4.67. The van der Waals surface area contributed by atoms with Crippen molar-refractivity contribution in [3.8, 4) is 5.75 Å². The second-order valence-electron chi connectivity index (χ2n) is 3.83. The number of ether oxygens (including phenoxy) is 2. The molecule has 1 aromatic carbocycles. The zero-order valence-electron chi connectivity index (χ0n) is 11.1. The first-order valence-corrected chi connectivity index (χ1v) is 7.25. The molecule has 19 heavy (non-hydrogen) atoms. The van der Waals surface area contributed by atoms with Crippen LogP contribution in [0.15, 0.2) is 18.2 Å². The maximum absolute atomic E-state index is 11.6. The minimum atomic E-state index is -0.398. The number of rotatable bonds is 7. The van der Waals surface area contributed by atoms with Gasteiger partial charge in [-0.1, -0.05) is 22.9 Å². The van der Waals surface area contributed by atoms with Crippen LogP contribution in [0.3, 0.4) is 0 Å². The van der Waals surface area contributed by atoms with Crippen molar-refractivity contribution < 1.29 is 19.1 Å². The summed E-state index contributed by atoms with van der Waals surface area (Å²) >= 11 is 3.14. The predicted octanol–water partition coefficient (Wildman–Crippen LogP) is 2.77. The quantitative estimate of drug-likeness (QED) is 0.438. The Morgan fingerprint density at radius 1 is 1.26 bits per heavy atom. The van der Waals surface area contributed by atoms with Crippen molar-refractivity contribution in [2.24, 2.45) is 0 Å². The van der Waals surface area contributed by atoms with Gasteiger partial charge in [0, 0.05) is 5.56 Å². The molecule has 0 radical (unpaired) electrons. The third-order valence-electron chi connectivity index (χ3n) is 2.54. The Labute approximate surface area is 121 Å². The van der Waals surface area contributed by atoms with Crippen LogP contribution < -0.4 is 4.74 Å². The van der Waals surface area contributed by atoms with Gasteiger partial charge in [0.25, 0.3) is 0 Å². The van der Waals surface area contributed by atoms with Gasteiger partial charge in [-0.3, -0.25) is 4.79 Å². The Balaban J connectivity index is 2.79. The predicted molar refractivity (Wildman–Crippen MR) is 76.1 cm³/mol. The first-order chi connectivity index (χ1) is 9.12. The summed E-state index contributed by atoms with van der Waals surface area (Å²) in [6.45, 7) is 3.93. The molecule has 0 saturated heterocycles. The van der Waals surface area contributed by atoms with Crippen molar-refractivity contribution in [3.63, 3.8) is 0 Å². The number of carbonyl (C=O) groups excluding carboxylic acids is 2. The fourth-order valence-electron chi connectivity index (χ4n) is 1.59. The van der Waals surface area contributed by atoms with E-state index in [9.17, 15) is 9.59 Å². The van der Waals surface area contributed by atoms with Crippen LogP contribution in [0.4, 0.5) is 0 Å². The van der Waals surface area contributed by atoms with Crippen molar-refractivity contribution in [2.45, 2.75) is 20.3 Å². The van der Waals surface area contributed by atoms with E-state index in [0.29, 0.717) is 23.2 Å². The molecular weight excluding hydrogens is 312 g/mol. The second kappa shape index (κ2) is 7.94. The number of benzene rings is 1. The Hall–Kier alpha value is -1.36. The number of Topliss-reactive ketones (excluding diaryl/α,β-unsaturated/α-hetero) is 1. The fraction of sp³-hybridized carbons (Fsp3) is 0.429. The van der Waals surface area contributed by atoms with Crippen LogP contribution in [-0.4, -0.2) is 30.3 Å². The molecule has 0 aromatic heterocycles. The molecule has 0 heterocycles. The number of ketones is 1. The van der Waals surface area contributed by atoms with E-state index in [-0.39, 0.29) is 12.4 Å². The molecule has 1 rings (SSSR count). The molecular formula is C14H17BrO4. The minimum absolute atomic E-state index is 0.0200. The molecule has 104 valence electrons. The molecule has 0 saturated carbocycles. The van der Waals surface area contributed by atoms with Gasteiger partial charge in [-0.25, -0.2) is 4.79 Å². The number of hydrogen-bond donors (Lipinski definition) is 0.